The average Bonchev–Trinajstić information content (AvgIpc) is 2.49. The summed E-state index contributed by atoms with van der Waals surface area (Å²) in [6, 6.07) is 0. The zero-order valence-electron chi connectivity index (χ0n) is 6.75. The summed E-state index contributed by atoms with van der Waals surface area (Å²) in [6.07, 6.45) is 2.75. The van der Waals surface area contributed by atoms with Crippen molar-refractivity contribution in [2.45, 2.75) is 6.54 Å². The minimum Gasteiger partial charge on any atom is -0.492 e. The first kappa shape index (κ1) is 7.93. The summed E-state index contributed by atoms with van der Waals surface area (Å²) in [5.74, 6) is -0.129. The van der Waals surface area contributed by atoms with Crippen LogP contribution >= 0.6 is 0 Å². The number of aliphatic hydroxyl groups excluding tert-OH is 1. The van der Waals surface area contributed by atoms with Gasteiger partial charge >= 0.3 is 0 Å². The SMILES string of the molecule is OCCn1ncc2nc(O)cnc21. The van der Waals surface area contributed by atoms with Crippen molar-refractivity contribution in [2.24, 2.45) is 0 Å². The van der Waals surface area contributed by atoms with Gasteiger partial charge in [-0.25, -0.2) is 14.6 Å². The van der Waals surface area contributed by atoms with E-state index >= 15 is 0 Å². The first-order chi connectivity index (χ1) is 6.31. The lowest BCUT2D eigenvalue weighted by molar-refractivity contribution is 0.271. The predicted molar refractivity (Wildman–Crippen MR) is 44.1 cm³/mol. The van der Waals surface area contributed by atoms with E-state index < -0.39 is 0 Å². The summed E-state index contributed by atoms with van der Waals surface area (Å²) in [6.45, 7) is 0.377. The van der Waals surface area contributed by atoms with E-state index in [2.05, 4.69) is 15.1 Å². The standard InChI is InChI=1S/C7H8N4O2/c12-2-1-11-7-5(3-9-11)10-6(13)4-8-7/h3-4,12H,1-2H2,(H,10,13). The molecule has 2 heterocycles. The van der Waals surface area contributed by atoms with Gasteiger partial charge in [-0.05, 0) is 0 Å². The molecule has 2 rings (SSSR count). The van der Waals surface area contributed by atoms with Crippen LogP contribution in [0, 0.1) is 0 Å². The van der Waals surface area contributed by atoms with Gasteiger partial charge in [0, 0.05) is 0 Å². The average molecular weight is 180 g/mol. The maximum absolute atomic E-state index is 9.01. The van der Waals surface area contributed by atoms with E-state index in [9.17, 15) is 0 Å². The molecular formula is C7H8N4O2. The highest BCUT2D eigenvalue weighted by Gasteiger charge is 2.04. The third-order valence-corrected chi connectivity index (χ3v) is 1.64. The number of aromatic nitrogens is 4. The second-order valence-electron chi connectivity index (χ2n) is 2.53. The summed E-state index contributed by atoms with van der Waals surface area (Å²) >= 11 is 0. The van der Waals surface area contributed by atoms with Gasteiger partial charge in [0.2, 0.25) is 5.88 Å². The molecule has 0 atom stereocenters. The van der Waals surface area contributed by atoms with Crippen LogP contribution in [0.2, 0.25) is 0 Å². The fourth-order valence-corrected chi connectivity index (χ4v) is 1.11. The van der Waals surface area contributed by atoms with E-state index in [1.165, 1.54) is 17.1 Å². The highest BCUT2D eigenvalue weighted by atomic mass is 16.3. The molecule has 0 aromatic carbocycles. The number of hydrogen-bond donors (Lipinski definition) is 2. The lowest BCUT2D eigenvalue weighted by Gasteiger charge is -1.97. The molecule has 0 radical (unpaired) electrons. The second kappa shape index (κ2) is 2.98. The zero-order chi connectivity index (χ0) is 9.26. The number of hydrogen-bond acceptors (Lipinski definition) is 5. The Balaban J connectivity index is 2.55. The molecule has 0 fully saturated rings. The lowest BCUT2D eigenvalue weighted by atomic mass is 10.5. The Morgan fingerprint density at radius 3 is 3.00 bits per heavy atom. The van der Waals surface area contributed by atoms with Crippen molar-refractivity contribution >= 4 is 11.2 Å². The van der Waals surface area contributed by atoms with Gasteiger partial charge in [0.1, 0.15) is 5.52 Å². The smallest absolute Gasteiger partial charge is 0.230 e. The molecule has 2 N–H and O–H groups in total. The summed E-state index contributed by atoms with van der Waals surface area (Å²) in [5.41, 5.74) is 1.08. The molecular weight excluding hydrogens is 172 g/mol. The summed E-state index contributed by atoms with van der Waals surface area (Å²) in [5, 5.41) is 21.6. The van der Waals surface area contributed by atoms with Crippen LogP contribution in [-0.2, 0) is 6.54 Å². The van der Waals surface area contributed by atoms with Gasteiger partial charge in [-0.1, -0.05) is 0 Å². The summed E-state index contributed by atoms with van der Waals surface area (Å²) in [7, 11) is 0. The maximum Gasteiger partial charge on any atom is 0.230 e. The number of aromatic hydroxyl groups is 1. The fraction of sp³-hybridized carbons (Fsp3) is 0.286. The Hall–Kier alpha value is -1.69. The van der Waals surface area contributed by atoms with Gasteiger partial charge in [-0.2, -0.15) is 5.10 Å². The van der Waals surface area contributed by atoms with Crippen molar-refractivity contribution in [3.05, 3.63) is 12.4 Å². The number of fused-ring (bicyclic) bond motifs is 1. The minimum atomic E-state index is -0.129. The molecule has 0 unspecified atom stereocenters. The summed E-state index contributed by atoms with van der Waals surface area (Å²) in [4.78, 5) is 7.74. The van der Waals surface area contributed by atoms with Crippen LogP contribution in [0.4, 0.5) is 0 Å². The van der Waals surface area contributed by atoms with Crippen molar-refractivity contribution < 1.29 is 10.2 Å². The first-order valence-electron chi connectivity index (χ1n) is 3.79. The Kier molecular flexibility index (Phi) is 1.82. The zero-order valence-corrected chi connectivity index (χ0v) is 6.75. The third-order valence-electron chi connectivity index (χ3n) is 1.64. The Labute approximate surface area is 73.5 Å². The van der Waals surface area contributed by atoms with E-state index in [4.69, 9.17) is 10.2 Å². The second-order valence-corrected chi connectivity index (χ2v) is 2.53. The van der Waals surface area contributed by atoms with Crippen molar-refractivity contribution in [3.63, 3.8) is 0 Å². The maximum atomic E-state index is 9.01. The van der Waals surface area contributed by atoms with Crippen LogP contribution < -0.4 is 0 Å². The largest absolute Gasteiger partial charge is 0.492 e. The molecule has 6 nitrogen and oxygen atoms in total. The van der Waals surface area contributed by atoms with Crippen molar-refractivity contribution in [1.29, 1.82) is 0 Å². The fourth-order valence-electron chi connectivity index (χ4n) is 1.11. The molecule has 2 aromatic rings. The predicted octanol–water partition coefficient (Wildman–Crippen LogP) is -0.476. The van der Waals surface area contributed by atoms with Gasteiger partial charge in [0.05, 0.1) is 25.5 Å². The Morgan fingerprint density at radius 1 is 1.38 bits per heavy atom. The van der Waals surface area contributed by atoms with Gasteiger partial charge in [0.15, 0.2) is 5.65 Å². The normalized spacial score (nSPS) is 10.8. The minimum absolute atomic E-state index is 0.000658. The van der Waals surface area contributed by atoms with E-state index in [0.29, 0.717) is 17.7 Å². The number of nitrogens with zero attached hydrogens (tertiary/aromatic N) is 4. The van der Waals surface area contributed by atoms with Gasteiger partial charge in [-0.15, -0.1) is 0 Å². The molecule has 2 aromatic heterocycles. The molecule has 13 heavy (non-hydrogen) atoms. The van der Waals surface area contributed by atoms with Gasteiger partial charge in [0.25, 0.3) is 0 Å². The van der Waals surface area contributed by atoms with Crippen LogP contribution in [0.3, 0.4) is 0 Å². The molecule has 68 valence electrons. The molecule has 0 amide bonds. The molecule has 0 bridgehead atoms. The molecule has 0 saturated carbocycles. The topological polar surface area (TPSA) is 84.1 Å². The molecule has 0 aliphatic heterocycles. The van der Waals surface area contributed by atoms with Crippen LogP contribution in [0.5, 0.6) is 5.88 Å². The van der Waals surface area contributed by atoms with Crippen molar-refractivity contribution in [1.82, 2.24) is 19.7 Å². The van der Waals surface area contributed by atoms with Gasteiger partial charge < -0.3 is 10.2 Å². The molecule has 0 saturated heterocycles. The molecule has 0 aliphatic carbocycles. The first-order valence-corrected chi connectivity index (χ1v) is 3.79. The van der Waals surface area contributed by atoms with Gasteiger partial charge in [-0.3, -0.25) is 0 Å². The molecule has 0 spiro atoms. The number of aliphatic hydroxyl groups is 1. The lowest BCUT2D eigenvalue weighted by Crippen LogP contribution is -2.04. The van der Waals surface area contributed by atoms with Crippen LogP contribution in [-0.4, -0.2) is 36.6 Å². The highest BCUT2D eigenvalue weighted by molar-refractivity contribution is 5.69. The molecule has 0 aliphatic rings. The van der Waals surface area contributed by atoms with Crippen LogP contribution in [0.25, 0.3) is 11.2 Å². The van der Waals surface area contributed by atoms with E-state index in [1.807, 2.05) is 0 Å². The quantitative estimate of drug-likeness (QED) is 0.652. The van der Waals surface area contributed by atoms with Crippen LogP contribution in [0.1, 0.15) is 0 Å². The molecule has 6 heteroatoms. The summed E-state index contributed by atoms with van der Waals surface area (Å²) < 4.78 is 1.53. The highest BCUT2D eigenvalue weighted by Crippen LogP contribution is 2.11. The van der Waals surface area contributed by atoms with Crippen molar-refractivity contribution in [2.75, 3.05) is 6.61 Å². The third kappa shape index (κ3) is 1.31. The Bertz CT molecular complexity index is 425. The Morgan fingerprint density at radius 2 is 2.23 bits per heavy atom. The number of rotatable bonds is 2. The van der Waals surface area contributed by atoms with E-state index in [1.54, 1.807) is 0 Å². The van der Waals surface area contributed by atoms with Crippen LogP contribution in [0.15, 0.2) is 12.4 Å². The van der Waals surface area contributed by atoms with Crippen molar-refractivity contribution in [3.8, 4) is 5.88 Å². The van der Waals surface area contributed by atoms with E-state index in [-0.39, 0.29) is 12.5 Å². The van der Waals surface area contributed by atoms with E-state index in [0.717, 1.165) is 0 Å². The monoisotopic (exact) mass is 180 g/mol.